The van der Waals surface area contributed by atoms with Crippen LogP contribution in [0.25, 0.3) is 22.1 Å². The van der Waals surface area contributed by atoms with Crippen molar-refractivity contribution < 1.29 is 28.1 Å². The second-order valence-corrected chi connectivity index (χ2v) is 12.0. The van der Waals surface area contributed by atoms with Crippen LogP contribution in [0.5, 0.6) is 0 Å². The molecule has 0 radical (unpaired) electrons. The van der Waals surface area contributed by atoms with Gasteiger partial charge in [0.15, 0.2) is 6.23 Å². The standard InChI is InChI=1S/C28H33ClF3N7O3/c1-13(2)39(11-21-23(40)24(41)27(42-21)38-6-5-16-25(33)34-12-35-26(16)38)15-7-14(8-15)3-4-22-36-19-9-17(28(30,31)32)18(29)10-20(19)37-22/h5-6,9-10,12-15,21,23-24,27,40-41H,3-4,7-8,11H2,1-2H3,(H,36,37)(H2,33,34,35)/t14?,15?,21-,23-,24-,27-/m1/s1. The molecule has 0 amide bonds. The van der Waals surface area contributed by atoms with Gasteiger partial charge < -0.3 is 30.2 Å². The van der Waals surface area contributed by atoms with E-state index in [0.29, 0.717) is 52.6 Å². The summed E-state index contributed by atoms with van der Waals surface area (Å²) in [5, 5.41) is 22.1. The number of hydrogen-bond donors (Lipinski definition) is 4. The van der Waals surface area contributed by atoms with Crippen molar-refractivity contribution in [2.24, 2.45) is 5.92 Å². The van der Waals surface area contributed by atoms with Gasteiger partial charge in [-0.2, -0.15) is 13.2 Å². The molecule has 4 atom stereocenters. The van der Waals surface area contributed by atoms with E-state index in [4.69, 9.17) is 22.1 Å². The number of rotatable bonds is 8. The van der Waals surface area contributed by atoms with Crippen LogP contribution in [-0.2, 0) is 17.3 Å². The molecule has 1 saturated carbocycles. The van der Waals surface area contributed by atoms with Gasteiger partial charge in [0, 0.05) is 31.2 Å². The predicted molar refractivity (Wildman–Crippen MR) is 151 cm³/mol. The number of anilines is 1. The van der Waals surface area contributed by atoms with Crippen molar-refractivity contribution in [1.82, 2.24) is 29.4 Å². The van der Waals surface area contributed by atoms with Gasteiger partial charge >= 0.3 is 6.18 Å². The van der Waals surface area contributed by atoms with Gasteiger partial charge in [0.2, 0.25) is 0 Å². The van der Waals surface area contributed by atoms with Crippen LogP contribution in [-0.4, -0.2) is 76.6 Å². The summed E-state index contributed by atoms with van der Waals surface area (Å²) in [5.41, 5.74) is 6.33. The van der Waals surface area contributed by atoms with Crippen molar-refractivity contribution in [3.05, 3.63) is 47.1 Å². The van der Waals surface area contributed by atoms with E-state index in [2.05, 4.69) is 38.7 Å². The molecular formula is C28H33ClF3N7O3. The highest BCUT2D eigenvalue weighted by Gasteiger charge is 2.46. The third-order valence-corrected chi connectivity index (χ3v) is 8.91. The molecule has 10 nitrogen and oxygen atoms in total. The predicted octanol–water partition coefficient (Wildman–Crippen LogP) is 4.30. The number of nitrogens with zero attached hydrogens (tertiary/aromatic N) is 5. The first kappa shape index (κ1) is 29.1. The van der Waals surface area contributed by atoms with Crippen molar-refractivity contribution in [2.75, 3.05) is 12.3 Å². The average Bonchev–Trinajstić information content (AvgIpc) is 3.58. The maximum absolute atomic E-state index is 13.2. The summed E-state index contributed by atoms with van der Waals surface area (Å²) in [4.78, 5) is 18.0. The van der Waals surface area contributed by atoms with Crippen molar-refractivity contribution in [1.29, 1.82) is 0 Å². The van der Waals surface area contributed by atoms with Gasteiger partial charge in [-0.3, -0.25) is 4.90 Å². The molecule has 0 bridgehead atoms. The number of nitrogens with one attached hydrogen (secondary N) is 1. The molecule has 5 N–H and O–H groups in total. The molecule has 2 fully saturated rings. The number of alkyl halides is 3. The zero-order valence-corrected chi connectivity index (χ0v) is 23.8. The third-order valence-electron chi connectivity index (χ3n) is 8.60. The maximum atomic E-state index is 13.2. The molecule has 3 aromatic heterocycles. The highest BCUT2D eigenvalue weighted by atomic mass is 35.5. The Hall–Kier alpha value is -2.97. The summed E-state index contributed by atoms with van der Waals surface area (Å²) < 4.78 is 47.5. The van der Waals surface area contributed by atoms with Crippen molar-refractivity contribution in [3.63, 3.8) is 0 Å². The van der Waals surface area contributed by atoms with E-state index in [0.717, 1.165) is 25.3 Å². The van der Waals surface area contributed by atoms with E-state index >= 15 is 0 Å². The number of imidazole rings is 1. The maximum Gasteiger partial charge on any atom is 0.417 e. The lowest BCUT2D eigenvalue weighted by Gasteiger charge is -2.46. The lowest BCUT2D eigenvalue weighted by molar-refractivity contribution is -0.137. The van der Waals surface area contributed by atoms with Crippen LogP contribution in [0.4, 0.5) is 19.0 Å². The largest absolute Gasteiger partial charge is 0.417 e. The van der Waals surface area contributed by atoms with Crippen molar-refractivity contribution >= 4 is 39.5 Å². The zero-order chi connectivity index (χ0) is 29.9. The summed E-state index contributed by atoms with van der Waals surface area (Å²) in [6, 6.07) is 4.49. The Morgan fingerprint density at radius 2 is 1.98 bits per heavy atom. The van der Waals surface area contributed by atoms with Gasteiger partial charge in [0.05, 0.1) is 27.0 Å². The second-order valence-electron chi connectivity index (χ2n) is 11.6. The van der Waals surface area contributed by atoms with Crippen LogP contribution in [0.15, 0.2) is 30.7 Å². The SMILES string of the molecule is CC(C)N(C[C@H]1O[C@@H](n2ccc3c(N)ncnc32)[C@H](O)[C@@H]1O)C1CC(CCc2nc3cc(Cl)c(C(F)(F)F)cc3[nH]2)C1. The number of nitrogen functional groups attached to an aromatic ring is 1. The summed E-state index contributed by atoms with van der Waals surface area (Å²) in [7, 11) is 0. The smallest absolute Gasteiger partial charge is 0.387 e. The number of halogens is 4. The van der Waals surface area contributed by atoms with Crippen LogP contribution >= 0.6 is 11.6 Å². The van der Waals surface area contributed by atoms with Gasteiger partial charge in [0.1, 0.15) is 41.9 Å². The number of benzene rings is 1. The molecule has 42 heavy (non-hydrogen) atoms. The first-order valence-electron chi connectivity index (χ1n) is 14.0. The molecule has 1 aliphatic heterocycles. The Kier molecular flexibility index (Phi) is 7.59. The fourth-order valence-electron chi connectivity index (χ4n) is 6.26. The van der Waals surface area contributed by atoms with Crippen LogP contribution < -0.4 is 5.73 Å². The number of aliphatic hydroxyl groups is 2. The zero-order valence-electron chi connectivity index (χ0n) is 23.1. The van der Waals surface area contributed by atoms with Gasteiger partial charge in [-0.1, -0.05) is 11.6 Å². The number of aromatic amines is 1. The van der Waals surface area contributed by atoms with Gasteiger partial charge in [-0.15, -0.1) is 0 Å². The lowest BCUT2D eigenvalue weighted by Crippen LogP contribution is -2.52. The average molecular weight is 608 g/mol. The highest BCUT2D eigenvalue weighted by molar-refractivity contribution is 6.32. The van der Waals surface area contributed by atoms with Crippen molar-refractivity contribution in [2.45, 2.75) is 82.3 Å². The molecule has 4 heterocycles. The Balaban J connectivity index is 1.06. The summed E-state index contributed by atoms with van der Waals surface area (Å²) in [6.45, 7) is 4.64. The number of aromatic nitrogens is 5. The Bertz CT molecular complexity index is 1590. The normalized spacial score (nSPS) is 26.6. The minimum atomic E-state index is -4.53. The highest BCUT2D eigenvalue weighted by Crippen LogP contribution is 2.39. The van der Waals surface area contributed by atoms with E-state index in [9.17, 15) is 23.4 Å². The quantitative estimate of drug-likeness (QED) is 0.233. The molecule has 1 saturated heterocycles. The van der Waals surface area contributed by atoms with E-state index in [1.54, 1.807) is 16.8 Å². The molecule has 0 spiro atoms. The first-order valence-corrected chi connectivity index (χ1v) is 14.4. The van der Waals surface area contributed by atoms with E-state index < -0.39 is 36.3 Å². The molecule has 14 heteroatoms. The van der Waals surface area contributed by atoms with Crippen LogP contribution in [0.2, 0.25) is 5.02 Å². The molecular weight excluding hydrogens is 575 g/mol. The first-order chi connectivity index (χ1) is 19.9. The topological polar surface area (TPSA) is 138 Å². The second kappa shape index (κ2) is 10.9. The van der Waals surface area contributed by atoms with Gasteiger partial charge in [-0.25, -0.2) is 15.0 Å². The van der Waals surface area contributed by atoms with Crippen LogP contribution in [0, 0.1) is 5.92 Å². The van der Waals surface area contributed by atoms with Crippen LogP contribution in [0.1, 0.15) is 50.7 Å². The van der Waals surface area contributed by atoms with Crippen LogP contribution in [0.3, 0.4) is 0 Å². The minimum absolute atomic E-state index is 0.186. The Morgan fingerprint density at radius 1 is 1.21 bits per heavy atom. The lowest BCUT2D eigenvalue weighted by atomic mass is 9.76. The van der Waals surface area contributed by atoms with E-state index in [-0.39, 0.29) is 17.1 Å². The summed E-state index contributed by atoms with van der Waals surface area (Å²) in [5.74, 6) is 1.40. The fraction of sp³-hybridized carbons (Fsp3) is 0.536. The molecule has 2 aliphatic rings. The number of aliphatic hydroxyl groups excluding tert-OH is 2. The number of nitrogens with two attached hydrogens (primary N) is 1. The molecule has 226 valence electrons. The van der Waals surface area contributed by atoms with E-state index in [1.807, 2.05) is 0 Å². The Labute approximate surface area is 244 Å². The number of fused-ring (bicyclic) bond motifs is 2. The van der Waals surface area contributed by atoms with Gasteiger partial charge in [-0.05, 0) is 57.2 Å². The number of hydrogen-bond acceptors (Lipinski definition) is 8. The molecule has 4 aromatic rings. The molecule has 0 unspecified atom stereocenters. The molecule has 6 rings (SSSR count). The van der Waals surface area contributed by atoms with Crippen molar-refractivity contribution in [3.8, 4) is 0 Å². The monoisotopic (exact) mass is 607 g/mol. The van der Waals surface area contributed by atoms with Gasteiger partial charge in [0.25, 0.3) is 0 Å². The molecule has 1 aliphatic carbocycles. The van der Waals surface area contributed by atoms with E-state index in [1.165, 1.54) is 12.4 Å². The minimum Gasteiger partial charge on any atom is -0.387 e. The summed E-state index contributed by atoms with van der Waals surface area (Å²) >= 11 is 5.84. The molecule has 1 aromatic carbocycles. The number of ether oxygens (including phenoxy) is 1. The number of H-pyrrole nitrogens is 1. The Morgan fingerprint density at radius 3 is 2.69 bits per heavy atom. The third kappa shape index (κ3) is 5.32. The summed E-state index contributed by atoms with van der Waals surface area (Å²) in [6.07, 6.45) is -1.76. The number of aryl methyl sites for hydroxylation is 1. The fourth-order valence-corrected chi connectivity index (χ4v) is 6.53.